The topological polar surface area (TPSA) is 70.7 Å². The van der Waals surface area contributed by atoms with Crippen molar-refractivity contribution in [3.63, 3.8) is 0 Å². The van der Waals surface area contributed by atoms with E-state index >= 15 is 0 Å². The second-order valence-electron chi connectivity index (χ2n) is 5.02. The van der Waals surface area contributed by atoms with Crippen LogP contribution in [0.25, 0.3) is 11.4 Å². The Morgan fingerprint density at radius 3 is 2.62 bits per heavy atom. The van der Waals surface area contributed by atoms with Gasteiger partial charge in [-0.1, -0.05) is 70.2 Å². The molecular formula is C17H15BrN4OS. The molecule has 5 nitrogen and oxygen atoms in total. The lowest BCUT2D eigenvalue weighted by Crippen LogP contribution is -2.24. The minimum atomic E-state index is -0.0427. The molecule has 0 fully saturated rings. The quantitative estimate of drug-likeness (QED) is 0.617. The maximum Gasteiger partial charge on any atom is 0.230 e. The second-order valence-corrected chi connectivity index (χ2v) is 6.88. The Bertz CT molecular complexity index is 805. The van der Waals surface area contributed by atoms with Crippen molar-refractivity contribution in [1.29, 1.82) is 0 Å². The van der Waals surface area contributed by atoms with Crippen LogP contribution in [0.4, 0.5) is 0 Å². The average molecular weight is 403 g/mol. The molecular weight excluding hydrogens is 388 g/mol. The first-order valence-corrected chi connectivity index (χ1v) is 9.10. The van der Waals surface area contributed by atoms with Gasteiger partial charge in [0, 0.05) is 16.6 Å². The highest BCUT2D eigenvalue weighted by molar-refractivity contribution is 9.10. The van der Waals surface area contributed by atoms with Crippen molar-refractivity contribution in [2.75, 3.05) is 5.75 Å². The third-order valence-corrected chi connectivity index (χ3v) is 4.62. The fourth-order valence-corrected chi connectivity index (χ4v) is 2.92. The summed E-state index contributed by atoms with van der Waals surface area (Å²) in [5.74, 6) is 0.929. The number of H-pyrrole nitrogens is 1. The lowest BCUT2D eigenvalue weighted by Gasteiger charge is -2.03. The Morgan fingerprint density at radius 1 is 1.12 bits per heavy atom. The van der Waals surface area contributed by atoms with Crippen LogP contribution in [0.2, 0.25) is 0 Å². The lowest BCUT2D eigenvalue weighted by molar-refractivity contribution is -0.118. The first kappa shape index (κ1) is 16.7. The van der Waals surface area contributed by atoms with Crippen molar-refractivity contribution in [1.82, 2.24) is 20.5 Å². The molecule has 0 unspecified atom stereocenters. The number of nitrogens with zero attached hydrogens (tertiary/aromatic N) is 2. The molecule has 3 rings (SSSR count). The number of nitrogens with one attached hydrogen (secondary N) is 2. The van der Waals surface area contributed by atoms with E-state index in [1.807, 2.05) is 54.6 Å². The number of carbonyl (C=O) groups excluding carboxylic acids is 1. The number of aromatic nitrogens is 3. The van der Waals surface area contributed by atoms with E-state index in [2.05, 4.69) is 36.4 Å². The highest BCUT2D eigenvalue weighted by Gasteiger charge is 2.09. The molecule has 0 saturated heterocycles. The van der Waals surface area contributed by atoms with Crippen LogP contribution in [-0.2, 0) is 11.3 Å². The highest BCUT2D eigenvalue weighted by Crippen LogP contribution is 2.21. The minimum absolute atomic E-state index is 0.0427. The van der Waals surface area contributed by atoms with Gasteiger partial charge in [-0.05, 0) is 17.7 Å². The Morgan fingerprint density at radius 2 is 1.88 bits per heavy atom. The number of carbonyl (C=O) groups is 1. The molecule has 0 aliphatic rings. The van der Waals surface area contributed by atoms with E-state index in [9.17, 15) is 4.79 Å². The lowest BCUT2D eigenvalue weighted by atomic mass is 10.2. The van der Waals surface area contributed by atoms with Gasteiger partial charge in [-0.25, -0.2) is 4.98 Å². The summed E-state index contributed by atoms with van der Waals surface area (Å²) in [6.07, 6.45) is 0. The van der Waals surface area contributed by atoms with Crippen LogP contribution in [0.15, 0.2) is 64.2 Å². The van der Waals surface area contributed by atoms with Gasteiger partial charge in [0.2, 0.25) is 11.1 Å². The van der Waals surface area contributed by atoms with Crippen LogP contribution in [-0.4, -0.2) is 26.8 Å². The van der Waals surface area contributed by atoms with Crippen molar-refractivity contribution < 1.29 is 4.79 Å². The van der Waals surface area contributed by atoms with E-state index in [1.165, 1.54) is 11.8 Å². The molecule has 0 atom stereocenters. The molecule has 122 valence electrons. The number of halogens is 1. The van der Waals surface area contributed by atoms with Crippen LogP contribution in [0.5, 0.6) is 0 Å². The number of rotatable bonds is 6. The van der Waals surface area contributed by atoms with E-state index in [4.69, 9.17) is 0 Å². The van der Waals surface area contributed by atoms with Crippen LogP contribution in [0.1, 0.15) is 5.56 Å². The number of amides is 1. The number of benzene rings is 2. The van der Waals surface area contributed by atoms with Crippen molar-refractivity contribution in [3.8, 4) is 11.4 Å². The summed E-state index contributed by atoms with van der Waals surface area (Å²) < 4.78 is 1.01. The molecule has 0 aliphatic carbocycles. The summed E-state index contributed by atoms with van der Waals surface area (Å²) in [5, 5.41) is 10.5. The first-order valence-electron chi connectivity index (χ1n) is 7.32. The summed E-state index contributed by atoms with van der Waals surface area (Å²) in [4.78, 5) is 16.3. The summed E-state index contributed by atoms with van der Waals surface area (Å²) in [6.45, 7) is 0.526. The van der Waals surface area contributed by atoms with E-state index in [0.29, 0.717) is 17.5 Å². The van der Waals surface area contributed by atoms with E-state index in [0.717, 1.165) is 15.6 Å². The summed E-state index contributed by atoms with van der Waals surface area (Å²) in [7, 11) is 0. The largest absolute Gasteiger partial charge is 0.351 e. The third-order valence-electron chi connectivity index (χ3n) is 3.25. The molecule has 7 heteroatoms. The predicted octanol–water partition coefficient (Wildman–Crippen LogP) is 3.64. The van der Waals surface area contributed by atoms with Crippen LogP contribution in [0.3, 0.4) is 0 Å². The molecule has 24 heavy (non-hydrogen) atoms. The number of aromatic amines is 1. The fraction of sp³-hybridized carbons (Fsp3) is 0.118. The SMILES string of the molecule is O=C(CSc1n[nH]c(-c2ccc(Br)cc2)n1)NCc1ccccc1. The summed E-state index contributed by atoms with van der Waals surface area (Å²) in [5.41, 5.74) is 2.03. The average Bonchev–Trinajstić information content (AvgIpc) is 3.09. The van der Waals surface area contributed by atoms with Crippen molar-refractivity contribution in [2.24, 2.45) is 0 Å². The zero-order valence-electron chi connectivity index (χ0n) is 12.7. The van der Waals surface area contributed by atoms with Crippen LogP contribution >= 0.6 is 27.7 Å². The van der Waals surface area contributed by atoms with Crippen LogP contribution < -0.4 is 5.32 Å². The molecule has 0 spiro atoms. The number of hydrogen-bond acceptors (Lipinski definition) is 4. The van der Waals surface area contributed by atoms with Gasteiger partial charge in [0.25, 0.3) is 0 Å². The molecule has 0 bridgehead atoms. The Hall–Kier alpha value is -2.12. The molecule has 0 radical (unpaired) electrons. The molecule has 1 heterocycles. The van der Waals surface area contributed by atoms with Gasteiger partial charge in [0.15, 0.2) is 5.82 Å². The van der Waals surface area contributed by atoms with E-state index < -0.39 is 0 Å². The predicted molar refractivity (Wildman–Crippen MR) is 98.5 cm³/mol. The molecule has 2 aromatic carbocycles. The summed E-state index contributed by atoms with van der Waals surface area (Å²) >= 11 is 4.71. The van der Waals surface area contributed by atoms with Gasteiger partial charge in [0.1, 0.15) is 0 Å². The third kappa shape index (κ3) is 4.69. The zero-order chi connectivity index (χ0) is 16.8. The van der Waals surface area contributed by atoms with Crippen molar-refractivity contribution >= 4 is 33.6 Å². The van der Waals surface area contributed by atoms with E-state index in [-0.39, 0.29) is 11.7 Å². The Labute approximate surface area is 152 Å². The summed E-state index contributed by atoms with van der Waals surface area (Å²) in [6, 6.07) is 17.6. The van der Waals surface area contributed by atoms with Gasteiger partial charge < -0.3 is 5.32 Å². The maximum atomic E-state index is 11.9. The number of hydrogen-bond donors (Lipinski definition) is 2. The molecule has 0 saturated carbocycles. The Kier molecular flexibility index (Phi) is 5.66. The van der Waals surface area contributed by atoms with Crippen molar-refractivity contribution in [2.45, 2.75) is 11.7 Å². The van der Waals surface area contributed by atoms with Gasteiger partial charge >= 0.3 is 0 Å². The zero-order valence-corrected chi connectivity index (χ0v) is 15.1. The smallest absolute Gasteiger partial charge is 0.230 e. The molecule has 1 amide bonds. The fourth-order valence-electron chi connectivity index (χ4n) is 2.03. The second kappa shape index (κ2) is 8.12. The van der Waals surface area contributed by atoms with Crippen molar-refractivity contribution in [3.05, 3.63) is 64.6 Å². The number of thioether (sulfide) groups is 1. The monoisotopic (exact) mass is 402 g/mol. The highest BCUT2D eigenvalue weighted by atomic mass is 79.9. The molecule has 3 aromatic rings. The minimum Gasteiger partial charge on any atom is -0.351 e. The van der Waals surface area contributed by atoms with Gasteiger partial charge in [-0.3, -0.25) is 9.89 Å². The van der Waals surface area contributed by atoms with E-state index in [1.54, 1.807) is 0 Å². The van der Waals surface area contributed by atoms with Crippen LogP contribution in [0, 0.1) is 0 Å². The normalized spacial score (nSPS) is 10.5. The standard InChI is InChI=1S/C17H15BrN4OS/c18-14-8-6-13(7-9-14)16-20-17(22-21-16)24-11-15(23)19-10-12-4-2-1-3-5-12/h1-9H,10-11H2,(H,19,23)(H,20,21,22). The molecule has 0 aliphatic heterocycles. The molecule has 2 N–H and O–H groups in total. The Balaban J connectivity index is 1.50. The first-order chi connectivity index (χ1) is 11.7. The van der Waals surface area contributed by atoms with Gasteiger partial charge in [0.05, 0.1) is 5.75 Å². The maximum absolute atomic E-state index is 11.9. The molecule has 1 aromatic heterocycles. The van der Waals surface area contributed by atoms with Gasteiger partial charge in [-0.2, -0.15) is 0 Å². The van der Waals surface area contributed by atoms with Gasteiger partial charge in [-0.15, -0.1) is 5.10 Å².